The largest absolute Gasteiger partial charge is 0.485 e. The van der Waals surface area contributed by atoms with Gasteiger partial charge in [0.2, 0.25) is 0 Å². The van der Waals surface area contributed by atoms with Gasteiger partial charge in [0.15, 0.2) is 17.6 Å². The third kappa shape index (κ3) is 3.56. The highest BCUT2D eigenvalue weighted by Gasteiger charge is 2.36. The van der Waals surface area contributed by atoms with Crippen LogP contribution in [0.2, 0.25) is 0 Å². The van der Waals surface area contributed by atoms with Crippen LogP contribution >= 0.6 is 0 Å². The number of hydrogen-bond acceptors (Lipinski definition) is 4. The van der Waals surface area contributed by atoms with Crippen molar-refractivity contribution in [3.63, 3.8) is 0 Å². The molecule has 4 heteroatoms. The average Bonchev–Trinajstić information content (AvgIpc) is 3.18. The van der Waals surface area contributed by atoms with Gasteiger partial charge >= 0.3 is 0 Å². The molecule has 0 aromatic heterocycles. The predicted octanol–water partition coefficient (Wildman–Crippen LogP) is 3.77. The summed E-state index contributed by atoms with van der Waals surface area (Å²) in [6.45, 7) is 6.49. The topological polar surface area (TPSA) is 33.7 Å². The molecule has 2 saturated heterocycles. The molecule has 1 atom stereocenters. The molecular weight excluding hydrogens is 336 g/mol. The van der Waals surface area contributed by atoms with E-state index in [0.29, 0.717) is 12.0 Å². The first-order valence-electron chi connectivity index (χ1n) is 10.2. The number of fused-ring (bicyclic) bond motifs is 1. The highest BCUT2D eigenvalue weighted by molar-refractivity contribution is 5.41. The molecule has 2 aromatic carbocycles. The van der Waals surface area contributed by atoms with Crippen LogP contribution in [0.1, 0.15) is 36.5 Å². The van der Waals surface area contributed by atoms with Crippen LogP contribution in [0, 0.1) is 5.41 Å². The molecule has 142 valence electrons. The number of nitrogens with one attached hydrogen (secondary N) is 1. The molecule has 27 heavy (non-hydrogen) atoms. The van der Waals surface area contributed by atoms with E-state index in [4.69, 9.17) is 9.47 Å². The predicted molar refractivity (Wildman–Crippen MR) is 106 cm³/mol. The molecule has 4 nitrogen and oxygen atoms in total. The molecule has 3 aliphatic rings. The average molecular weight is 364 g/mol. The molecule has 2 aromatic rings. The van der Waals surface area contributed by atoms with Crippen LogP contribution in [-0.4, -0.2) is 37.7 Å². The Morgan fingerprint density at radius 3 is 2.48 bits per heavy atom. The van der Waals surface area contributed by atoms with Crippen molar-refractivity contribution < 1.29 is 9.47 Å². The van der Waals surface area contributed by atoms with Crippen LogP contribution in [0.25, 0.3) is 0 Å². The number of ether oxygens (including phenoxy) is 2. The molecule has 1 unspecified atom stereocenters. The summed E-state index contributed by atoms with van der Waals surface area (Å²) in [5.74, 6) is 1.67. The number of nitrogens with zero attached hydrogens (tertiary/aromatic N) is 1. The summed E-state index contributed by atoms with van der Waals surface area (Å²) in [6.07, 6.45) is 4.01. The summed E-state index contributed by atoms with van der Waals surface area (Å²) in [5.41, 5.74) is 3.16. The van der Waals surface area contributed by atoms with E-state index in [2.05, 4.69) is 34.5 Å². The standard InChI is InChI=1S/C23H28N2O2/c1-2-4-21-20(3-1)26-16-22(27-21)19-7-5-18(6-8-19)15-25-13-10-23(11-14-25)9-12-24-17-23/h1-8,22,24H,9-17H2. The number of rotatable bonds is 3. The van der Waals surface area contributed by atoms with E-state index in [-0.39, 0.29) is 6.10 Å². The van der Waals surface area contributed by atoms with Gasteiger partial charge in [-0.3, -0.25) is 4.90 Å². The highest BCUT2D eigenvalue weighted by Crippen LogP contribution is 2.38. The van der Waals surface area contributed by atoms with Crippen molar-refractivity contribution in [2.24, 2.45) is 5.41 Å². The van der Waals surface area contributed by atoms with Gasteiger partial charge in [-0.1, -0.05) is 36.4 Å². The van der Waals surface area contributed by atoms with Crippen molar-refractivity contribution in [2.75, 3.05) is 32.8 Å². The fraction of sp³-hybridized carbons (Fsp3) is 0.478. The molecule has 0 saturated carbocycles. The summed E-state index contributed by atoms with van der Waals surface area (Å²) >= 11 is 0. The summed E-state index contributed by atoms with van der Waals surface area (Å²) < 4.78 is 12.0. The van der Waals surface area contributed by atoms with Crippen molar-refractivity contribution in [3.8, 4) is 11.5 Å². The normalized spacial score (nSPS) is 24.2. The lowest BCUT2D eigenvalue weighted by atomic mass is 9.78. The zero-order valence-electron chi connectivity index (χ0n) is 15.8. The Morgan fingerprint density at radius 1 is 0.963 bits per heavy atom. The lowest BCUT2D eigenvalue weighted by molar-refractivity contribution is 0.0912. The molecule has 5 rings (SSSR count). The second-order valence-electron chi connectivity index (χ2n) is 8.31. The number of benzene rings is 2. The SMILES string of the molecule is c1ccc2c(c1)OCC(c1ccc(CN3CCC4(CCNC4)CC3)cc1)O2. The van der Waals surface area contributed by atoms with Gasteiger partial charge in [-0.2, -0.15) is 0 Å². The highest BCUT2D eigenvalue weighted by atomic mass is 16.6. The maximum Gasteiger partial charge on any atom is 0.162 e. The Kier molecular flexibility index (Phi) is 4.54. The molecule has 1 N–H and O–H groups in total. The Balaban J connectivity index is 1.19. The molecule has 0 radical (unpaired) electrons. The van der Waals surface area contributed by atoms with E-state index in [1.807, 2.05) is 24.3 Å². The minimum atomic E-state index is -0.0290. The monoisotopic (exact) mass is 364 g/mol. The Labute approximate surface area is 161 Å². The lowest BCUT2D eigenvalue weighted by Crippen LogP contribution is -2.40. The first-order chi connectivity index (χ1) is 13.3. The molecular formula is C23H28N2O2. The fourth-order valence-corrected chi connectivity index (χ4v) is 4.69. The molecule has 1 spiro atoms. The van der Waals surface area contributed by atoms with E-state index in [0.717, 1.165) is 18.0 Å². The smallest absolute Gasteiger partial charge is 0.162 e. The van der Waals surface area contributed by atoms with Crippen LogP contribution in [0.15, 0.2) is 48.5 Å². The third-order valence-electron chi connectivity index (χ3n) is 6.52. The summed E-state index contributed by atoms with van der Waals surface area (Å²) in [4.78, 5) is 2.61. The molecule has 3 aliphatic heterocycles. The zero-order valence-corrected chi connectivity index (χ0v) is 15.8. The van der Waals surface area contributed by atoms with Crippen molar-refractivity contribution in [1.82, 2.24) is 10.2 Å². The van der Waals surface area contributed by atoms with Crippen molar-refractivity contribution in [2.45, 2.75) is 31.9 Å². The van der Waals surface area contributed by atoms with Gasteiger partial charge in [0, 0.05) is 13.1 Å². The summed E-state index contributed by atoms with van der Waals surface area (Å²) in [5, 5.41) is 3.55. The number of hydrogen-bond donors (Lipinski definition) is 1. The van der Waals surface area contributed by atoms with E-state index in [9.17, 15) is 0 Å². The van der Waals surface area contributed by atoms with Crippen LogP contribution in [0.3, 0.4) is 0 Å². The molecule has 0 aliphatic carbocycles. The van der Waals surface area contributed by atoms with E-state index in [1.54, 1.807) is 0 Å². The number of para-hydroxylation sites is 2. The second kappa shape index (κ2) is 7.17. The van der Waals surface area contributed by atoms with E-state index in [1.165, 1.54) is 56.6 Å². The summed E-state index contributed by atoms with van der Waals surface area (Å²) in [6, 6.07) is 16.8. The lowest BCUT2D eigenvalue weighted by Gasteiger charge is -2.39. The van der Waals surface area contributed by atoms with Gasteiger partial charge in [0.05, 0.1) is 0 Å². The van der Waals surface area contributed by atoms with Crippen molar-refractivity contribution in [1.29, 1.82) is 0 Å². The van der Waals surface area contributed by atoms with Gasteiger partial charge < -0.3 is 14.8 Å². The first-order valence-corrected chi connectivity index (χ1v) is 10.2. The first kappa shape index (κ1) is 17.1. The fourth-order valence-electron chi connectivity index (χ4n) is 4.69. The third-order valence-corrected chi connectivity index (χ3v) is 6.52. The Bertz CT molecular complexity index is 773. The zero-order chi connectivity index (χ0) is 18.1. The van der Waals surface area contributed by atoms with Crippen LogP contribution in [-0.2, 0) is 6.54 Å². The quantitative estimate of drug-likeness (QED) is 0.899. The van der Waals surface area contributed by atoms with Crippen LogP contribution in [0.5, 0.6) is 11.5 Å². The van der Waals surface area contributed by atoms with E-state index >= 15 is 0 Å². The van der Waals surface area contributed by atoms with E-state index < -0.39 is 0 Å². The second-order valence-corrected chi connectivity index (χ2v) is 8.31. The van der Waals surface area contributed by atoms with Gasteiger partial charge in [-0.15, -0.1) is 0 Å². The van der Waals surface area contributed by atoms with Crippen molar-refractivity contribution >= 4 is 0 Å². The van der Waals surface area contributed by atoms with Gasteiger partial charge in [0.25, 0.3) is 0 Å². The Hall–Kier alpha value is -2.04. The molecule has 2 fully saturated rings. The molecule has 0 bridgehead atoms. The minimum Gasteiger partial charge on any atom is -0.485 e. The van der Waals surface area contributed by atoms with Crippen molar-refractivity contribution in [3.05, 3.63) is 59.7 Å². The van der Waals surface area contributed by atoms with Gasteiger partial charge in [-0.25, -0.2) is 0 Å². The number of likely N-dealkylation sites (tertiary alicyclic amines) is 1. The molecule has 3 heterocycles. The maximum atomic E-state index is 6.12. The minimum absolute atomic E-state index is 0.0290. The van der Waals surface area contributed by atoms with Gasteiger partial charge in [0.1, 0.15) is 6.61 Å². The maximum absolute atomic E-state index is 6.12. The Morgan fingerprint density at radius 2 is 1.74 bits per heavy atom. The summed E-state index contributed by atoms with van der Waals surface area (Å²) in [7, 11) is 0. The molecule has 0 amide bonds. The van der Waals surface area contributed by atoms with Gasteiger partial charge in [-0.05, 0) is 67.6 Å². The van der Waals surface area contributed by atoms with Crippen LogP contribution < -0.4 is 14.8 Å². The number of piperidine rings is 1. The van der Waals surface area contributed by atoms with Crippen LogP contribution in [0.4, 0.5) is 0 Å².